The average Bonchev–Trinajstić information content (AvgIpc) is 2.28. The summed E-state index contributed by atoms with van der Waals surface area (Å²) < 4.78 is 41.0. The number of rotatable bonds is 7. The molecular formula is C12H15F3OSe. The average molecular weight is 311 g/mol. The van der Waals surface area contributed by atoms with E-state index in [2.05, 4.69) is 0 Å². The Balaban J connectivity index is 1.95. The van der Waals surface area contributed by atoms with Gasteiger partial charge in [-0.3, -0.25) is 0 Å². The van der Waals surface area contributed by atoms with Crippen molar-refractivity contribution < 1.29 is 17.9 Å². The summed E-state index contributed by atoms with van der Waals surface area (Å²) in [6.45, 7) is 0.576. The number of halogens is 3. The number of benzene rings is 1. The van der Waals surface area contributed by atoms with Gasteiger partial charge in [0.15, 0.2) is 0 Å². The molecule has 1 aromatic rings. The van der Waals surface area contributed by atoms with Crippen molar-refractivity contribution in [1.29, 1.82) is 0 Å². The number of unbranched alkanes of at least 4 members (excludes halogenated alkanes) is 1. The number of hydrogen-bond donors (Lipinski definition) is 0. The maximum absolute atomic E-state index is 11.8. The molecule has 1 aromatic carbocycles. The first-order valence-electron chi connectivity index (χ1n) is 5.40. The fourth-order valence-electron chi connectivity index (χ4n) is 1.20. The van der Waals surface area contributed by atoms with E-state index in [-0.39, 0.29) is 15.0 Å². The summed E-state index contributed by atoms with van der Waals surface area (Å²) in [5.74, 6) is 0.813. The molecule has 0 aromatic heterocycles. The zero-order valence-corrected chi connectivity index (χ0v) is 11.1. The van der Waals surface area contributed by atoms with Crippen molar-refractivity contribution >= 4 is 15.0 Å². The number of para-hydroxylation sites is 1. The molecule has 1 rings (SSSR count). The molecule has 0 radical (unpaired) electrons. The summed E-state index contributed by atoms with van der Waals surface area (Å²) in [5, 5.41) is 0.0597. The van der Waals surface area contributed by atoms with Gasteiger partial charge < -0.3 is 0 Å². The molecule has 0 saturated heterocycles. The van der Waals surface area contributed by atoms with Crippen LogP contribution in [0.4, 0.5) is 13.2 Å². The molecule has 0 amide bonds. The number of hydrogen-bond acceptors (Lipinski definition) is 1. The van der Waals surface area contributed by atoms with Crippen molar-refractivity contribution in [3.8, 4) is 5.75 Å². The SMILES string of the molecule is FC(F)(F)C[Se]CCCCOc1ccccc1. The molecule has 0 bridgehead atoms. The van der Waals surface area contributed by atoms with Crippen LogP contribution in [0.15, 0.2) is 30.3 Å². The molecular weight excluding hydrogens is 296 g/mol. The van der Waals surface area contributed by atoms with Crippen molar-refractivity contribution in [1.82, 2.24) is 0 Å². The summed E-state index contributed by atoms with van der Waals surface area (Å²) in [6, 6.07) is 9.43. The zero-order valence-electron chi connectivity index (χ0n) is 9.37. The van der Waals surface area contributed by atoms with Crippen LogP contribution >= 0.6 is 0 Å². The van der Waals surface area contributed by atoms with E-state index in [1.54, 1.807) is 0 Å². The molecule has 17 heavy (non-hydrogen) atoms. The van der Waals surface area contributed by atoms with Crippen molar-refractivity contribution in [2.75, 3.05) is 6.61 Å². The van der Waals surface area contributed by atoms with Crippen LogP contribution in [0.1, 0.15) is 12.8 Å². The van der Waals surface area contributed by atoms with E-state index in [0.29, 0.717) is 11.9 Å². The Morgan fingerprint density at radius 1 is 1.06 bits per heavy atom. The van der Waals surface area contributed by atoms with Gasteiger partial charge in [0.05, 0.1) is 0 Å². The predicted octanol–water partition coefficient (Wildman–Crippen LogP) is 3.95. The third kappa shape index (κ3) is 8.11. The molecule has 0 aliphatic carbocycles. The second-order valence-electron chi connectivity index (χ2n) is 3.54. The van der Waals surface area contributed by atoms with Gasteiger partial charge in [-0.05, 0) is 0 Å². The first kappa shape index (κ1) is 14.4. The fourth-order valence-corrected chi connectivity index (χ4v) is 2.85. The van der Waals surface area contributed by atoms with Crippen molar-refractivity contribution in [2.45, 2.75) is 29.7 Å². The molecule has 1 nitrogen and oxygen atoms in total. The van der Waals surface area contributed by atoms with Gasteiger partial charge in [0, 0.05) is 0 Å². The van der Waals surface area contributed by atoms with Crippen LogP contribution in [0.25, 0.3) is 0 Å². The minimum atomic E-state index is -3.99. The van der Waals surface area contributed by atoms with E-state index in [0.717, 1.165) is 18.6 Å². The topological polar surface area (TPSA) is 9.23 Å². The van der Waals surface area contributed by atoms with Crippen LogP contribution in [0.3, 0.4) is 0 Å². The molecule has 0 aliphatic heterocycles. The Morgan fingerprint density at radius 3 is 2.41 bits per heavy atom. The normalized spacial score (nSPS) is 11.5. The molecule has 0 unspecified atom stereocenters. The number of ether oxygens (including phenoxy) is 1. The summed E-state index contributed by atoms with van der Waals surface area (Å²) in [5.41, 5.74) is 0. The van der Waals surface area contributed by atoms with Crippen molar-refractivity contribution in [3.05, 3.63) is 30.3 Å². The van der Waals surface area contributed by atoms with Crippen LogP contribution in [0.5, 0.6) is 5.75 Å². The van der Waals surface area contributed by atoms with E-state index in [1.807, 2.05) is 30.3 Å². The molecule has 0 saturated carbocycles. The van der Waals surface area contributed by atoms with Crippen LogP contribution < -0.4 is 4.74 Å². The zero-order chi connectivity index (χ0) is 12.6. The Bertz CT molecular complexity index is 300. The van der Waals surface area contributed by atoms with Crippen molar-refractivity contribution in [2.24, 2.45) is 0 Å². The third-order valence-corrected chi connectivity index (χ3v) is 4.29. The molecule has 5 heteroatoms. The van der Waals surface area contributed by atoms with E-state index in [1.165, 1.54) is 0 Å². The minimum absolute atomic E-state index is 0.314. The number of alkyl halides is 3. The van der Waals surface area contributed by atoms with Gasteiger partial charge in [-0.1, -0.05) is 0 Å². The van der Waals surface area contributed by atoms with E-state index in [9.17, 15) is 13.2 Å². The van der Waals surface area contributed by atoms with Gasteiger partial charge in [-0.15, -0.1) is 0 Å². The molecule has 0 fully saturated rings. The summed E-state index contributed by atoms with van der Waals surface area (Å²) >= 11 is -0.314. The molecule has 0 aliphatic rings. The summed E-state index contributed by atoms with van der Waals surface area (Å²) in [6.07, 6.45) is -2.36. The molecule has 0 N–H and O–H groups in total. The van der Waals surface area contributed by atoms with Gasteiger partial charge >= 0.3 is 105 Å². The molecule has 0 heterocycles. The third-order valence-electron chi connectivity index (χ3n) is 1.96. The predicted molar refractivity (Wildman–Crippen MR) is 62.6 cm³/mol. The Labute approximate surface area is 106 Å². The first-order chi connectivity index (χ1) is 8.08. The van der Waals surface area contributed by atoms with Crippen LogP contribution in [0.2, 0.25) is 10.6 Å². The van der Waals surface area contributed by atoms with Crippen LogP contribution in [-0.4, -0.2) is 27.7 Å². The van der Waals surface area contributed by atoms with Gasteiger partial charge in [-0.2, -0.15) is 0 Å². The quantitative estimate of drug-likeness (QED) is 0.547. The Kier molecular flexibility index (Phi) is 6.45. The van der Waals surface area contributed by atoms with Gasteiger partial charge in [0.25, 0.3) is 0 Å². The molecule has 0 spiro atoms. The second kappa shape index (κ2) is 7.62. The molecule has 0 atom stereocenters. The van der Waals surface area contributed by atoms with Gasteiger partial charge in [0.1, 0.15) is 0 Å². The van der Waals surface area contributed by atoms with Crippen LogP contribution in [0, 0.1) is 0 Å². The standard InChI is InChI=1S/C12H15F3OSe/c13-12(14,15)10-17-9-5-4-8-16-11-6-2-1-3-7-11/h1-3,6-7H,4-5,8-10H2. The molecule has 96 valence electrons. The Hall–Kier alpha value is -0.671. The Morgan fingerprint density at radius 2 is 1.76 bits per heavy atom. The van der Waals surface area contributed by atoms with Crippen LogP contribution in [-0.2, 0) is 0 Å². The second-order valence-corrected chi connectivity index (χ2v) is 5.86. The van der Waals surface area contributed by atoms with Crippen molar-refractivity contribution in [3.63, 3.8) is 0 Å². The monoisotopic (exact) mass is 312 g/mol. The first-order valence-corrected chi connectivity index (χ1v) is 7.82. The van der Waals surface area contributed by atoms with Gasteiger partial charge in [-0.25, -0.2) is 0 Å². The summed E-state index contributed by atoms with van der Waals surface area (Å²) in [7, 11) is 0. The summed E-state index contributed by atoms with van der Waals surface area (Å²) in [4.78, 5) is 0. The van der Waals surface area contributed by atoms with E-state index < -0.39 is 11.5 Å². The van der Waals surface area contributed by atoms with Gasteiger partial charge in [0.2, 0.25) is 0 Å². The fraction of sp³-hybridized carbons (Fsp3) is 0.500. The maximum atomic E-state index is 11.8. The van der Waals surface area contributed by atoms with E-state index >= 15 is 0 Å². The van der Waals surface area contributed by atoms with E-state index in [4.69, 9.17) is 4.74 Å².